The fraction of sp³-hybridized carbons (Fsp3) is 0.267. The molecule has 0 spiro atoms. The topological polar surface area (TPSA) is 73.3 Å². The number of halogens is 5. The molecule has 0 radical (unpaired) electrons. The molecule has 12 heteroatoms. The molecule has 0 aliphatic carbocycles. The van der Waals surface area contributed by atoms with Gasteiger partial charge in [0.05, 0.1) is 16.6 Å². The Bertz CT molecular complexity index is 901. The van der Waals surface area contributed by atoms with Crippen LogP contribution >= 0.6 is 27.7 Å². The minimum absolute atomic E-state index is 0.0682. The Balaban J connectivity index is 1.75. The number of thioether (sulfide) groups is 1. The molecule has 1 aliphatic heterocycles. The van der Waals surface area contributed by atoms with Gasteiger partial charge in [-0.2, -0.15) is 17.6 Å². The zero-order chi connectivity index (χ0) is 19.8. The number of ether oxygens (including phenoxy) is 2. The smallest absolute Gasteiger partial charge is 0.421 e. The van der Waals surface area contributed by atoms with Crippen molar-refractivity contribution in [3.05, 3.63) is 34.6 Å². The molecule has 27 heavy (non-hydrogen) atoms. The van der Waals surface area contributed by atoms with Gasteiger partial charge >= 0.3 is 12.2 Å². The van der Waals surface area contributed by atoms with E-state index in [-0.39, 0.29) is 12.1 Å². The first-order valence-electron chi connectivity index (χ1n) is 7.24. The number of hydrogen-bond acceptors (Lipinski definition) is 6. The summed E-state index contributed by atoms with van der Waals surface area (Å²) in [6, 6.07) is 3.20. The zero-order valence-corrected chi connectivity index (χ0v) is 15.8. The fourth-order valence-electron chi connectivity index (χ4n) is 2.11. The minimum Gasteiger partial charge on any atom is -0.421 e. The normalized spacial score (nSPS) is 16.7. The van der Waals surface area contributed by atoms with Crippen molar-refractivity contribution >= 4 is 39.3 Å². The summed E-state index contributed by atoms with van der Waals surface area (Å²) in [5.74, 6) is -1.68. The Morgan fingerprint density at radius 2 is 1.89 bits per heavy atom. The van der Waals surface area contributed by atoms with Crippen LogP contribution in [0, 0.1) is 0 Å². The molecule has 0 saturated heterocycles. The van der Waals surface area contributed by atoms with Crippen molar-refractivity contribution in [2.24, 2.45) is 0 Å². The number of benzene rings is 1. The molecule has 0 saturated carbocycles. The maximum atomic E-state index is 13.3. The molecule has 1 aromatic carbocycles. The van der Waals surface area contributed by atoms with Crippen LogP contribution in [0.3, 0.4) is 0 Å². The predicted molar refractivity (Wildman–Crippen MR) is 91.4 cm³/mol. The van der Waals surface area contributed by atoms with Crippen LogP contribution in [0.1, 0.15) is 5.69 Å². The second-order valence-corrected chi connectivity index (χ2v) is 6.90. The third kappa shape index (κ3) is 4.10. The number of rotatable bonds is 4. The predicted octanol–water partition coefficient (Wildman–Crippen LogP) is 4.10. The summed E-state index contributed by atoms with van der Waals surface area (Å²) in [7, 11) is 0. The van der Waals surface area contributed by atoms with E-state index in [4.69, 9.17) is 0 Å². The molecule has 0 fully saturated rings. The van der Waals surface area contributed by atoms with Crippen LogP contribution in [0.2, 0.25) is 0 Å². The van der Waals surface area contributed by atoms with Crippen LogP contribution in [0.4, 0.5) is 23.2 Å². The highest BCUT2D eigenvalue weighted by atomic mass is 79.9. The first-order chi connectivity index (χ1) is 12.6. The third-order valence-electron chi connectivity index (χ3n) is 3.35. The van der Waals surface area contributed by atoms with Crippen LogP contribution in [-0.2, 0) is 11.2 Å². The van der Waals surface area contributed by atoms with E-state index in [9.17, 15) is 22.4 Å². The third-order valence-corrected chi connectivity index (χ3v) is 4.57. The van der Waals surface area contributed by atoms with Gasteiger partial charge in [-0.05, 0) is 34.3 Å². The Kier molecular flexibility index (Phi) is 5.21. The van der Waals surface area contributed by atoms with Crippen LogP contribution in [0.25, 0.3) is 0 Å². The van der Waals surface area contributed by atoms with E-state index in [1.807, 2.05) is 0 Å². The van der Waals surface area contributed by atoms with Crippen molar-refractivity contribution < 1.29 is 31.8 Å². The number of amides is 1. The van der Waals surface area contributed by atoms with E-state index in [0.717, 1.165) is 12.1 Å². The van der Waals surface area contributed by atoms with E-state index >= 15 is 0 Å². The van der Waals surface area contributed by atoms with Crippen molar-refractivity contribution in [2.45, 2.75) is 23.8 Å². The zero-order valence-electron chi connectivity index (χ0n) is 13.4. The molecule has 1 aromatic heterocycles. The minimum atomic E-state index is -4.83. The van der Waals surface area contributed by atoms with E-state index in [0.29, 0.717) is 15.3 Å². The largest absolute Gasteiger partial charge is 0.507 e. The summed E-state index contributed by atoms with van der Waals surface area (Å²) in [6.45, 7) is 0. The molecule has 0 unspecified atom stereocenters. The van der Waals surface area contributed by atoms with Gasteiger partial charge in [-0.3, -0.25) is 4.79 Å². The molecule has 144 valence electrons. The Morgan fingerprint density at radius 1 is 1.22 bits per heavy atom. The molecular weight excluding hydrogens is 458 g/mol. The molecule has 2 aromatic rings. The van der Waals surface area contributed by atoms with Gasteiger partial charge in [-0.15, -0.1) is 0 Å². The van der Waals surface area contributed by atoms with Gasteiger partial charge in [-0.1, -0.05) is 11.8 Å². The number of carbonyl (C=O) groups is 1. The van der Waals surface area contributed by atoms with Crippen LogP contribution in [-0.4, -0.2) is 34.3 Å². The Morgan fingerprint density at radius 3 is 2.56 bits per heavy atom. The summed E-state index contributed by atoms with van der Waals surface area (Å²) in [4.78, 5) is 20.4. The van der Waals surface area contributed by atoms with E-state index in [1.54, 1.807) is 6.26 Å². The van der Waals surface area contributed by atoms with E-state index < -0.39 is 29.6 Å². The van der Waals surface area contributed by atoms with Crippen molar-refractivity contribution in [1.29, 1.82) is 0 Å². The SMILES string of the molecule is CSc1ncc(Br)c(CC(=O)Nc2ccc3c(c2)OC(F)(F)C(F)(F)O3)n1. The number of nitrogens with one attached hydrogen (secondary N) is 1. The summed E-state index contributed by atoms with van der Waals surface area (Å²) in [6.07, 6.45) is -6.46. The summed E-state index contributed by atoms with van der Waals surface area (Å²) >= 11 is 4.54. The molecule has 0 bridgehead atoms. The van der Waals surface area contributed by atoms with E-state index in [1.165, 1.54) is 24.0 Å². The lowest BCUT2D eigenvalue weighted by Crippen LogP contribution is -2.52. The second-order valence-electron chi connectivity index (χ2n) is 5.28. The van der Waals surface area contributed by atoms with Gasteiger partial charge < -0.3 is 14.8 Å². The van der Waals surface area contributed by atoms with Crippen molar-refractivity contribution in [3.63, 3.8) is 0 Å². The van der Waals surface area contributed by atoms with E-state index in [2.05, 4.69) is 40.7 Å². The molecule has 1 aliphatic rings. The lowest BCUT2D eigenvalue weighted by atomic mass is 10.2. The fourth-order valence-corrected chi connectivity index (χ4v) is 2.80. The van der Waals surface area contributed by atoms with Gasteiger partial charge in [0.15, 0.2) is 16.7 Å². The average Bonchev–Trinajstić information content (AvgIpc) is 2.57. The Labute approximate surface area is 162 Å². The maximum Gasteiger partial charge on any atom is 0.507 e. The summed E-state index contributed by atoms with van der Waals surface area (Å²) < 4.78 is 61.3. The van der Waals surface area contributed by atoms with Gasteiger partial charge in [0.2, 0.25) is 5.91 Å². The standard InChI is InChI=1S/C15H10BrF4N3O3S/c1-27-13-21-6-8(16)9(23-13)5-12(24)22-7-2-3-10-11(4-7)26-15(19,20)14(17,18)25-10/h2-4,6H,5H2,1H3,(H,22,24). The molecular formula is C15H10BrF4N3O3S. The van der Waals surface area contributed by atoms with Crippen molar-refractivity contribution in [1.82, 2.24) is 9.97 Å². The highest BCUT2D eigenvalue weighted by molar-refractivity contribution is 9.10. The summed E-state index contributed by atoms with van der Waals surface area (Å²) in [5.41, 5.74) is 0.495. The van der Waals surface area contributed by atoms with Gasteiger partial charge in [0.1, 0.15) is 0 Å². The first kappa shape index (κ1) is 19.7. The monoisotopic (exact) mass is 467 g/mol. The van der Waals surface area contributed by atoms with Crippen LogP contribution < -0.4 is 14.8 Å². The Hall–Kier alpha value is -2.08. The van der Waals surface area contributed by atoms with Crippen LogP contribution in [0.15, 0.2) is 34.0 Å². The lowest BCUT2D eigenvalue weighted by molar-refractivity contribution is -0.391. The first-order valence-corrected chi connectivity index (χ1v) is 9.26. The lowest BCUT2D eigenvalue weighted by Gasteiger charge is -2.31. The van der Waals surface area contributed by atoms with Gasteiger partial charge in [0.25, 0.3) is 0 Å². The number of carbonyl (C=O) groups excluding carboxylic acids is 1. The maximum absolute atomic E-state index is 13.3. The average molecular weight is 468 g/mol. The quantitative estimate of drug-likeness (QED) is 0.414. The number of alkyl halides is 4. The van der Waals surface area contributed by atoms with Crippen LogP contribution in [0.5, 0.6) is 11.5 Å². The molecule has 1 N–H and O–H groups in total. The van der Waals surface area contributed by atoms with Gasteiger partial charge in [0, 0.05) is 18.0 Å². The molecule has 6 nitrogen and oxygen atoms in total. The highest BCUT2D eigenvalue weighted by Gasteiger charge is 2.65. The number of anilines is 1. The second kappa shape index (κ2) is 7.15. The van der Waals surface area contributed by atoms with Crippen molar-refractivity contribution in [2.75, 3.05) is 11.6 Å². The molecule has 1 amide bonds. The molecule has 2 heterocycles. The summed E-state index contributed by atoms with van der Waals surface area (Å²) in [5, 5.41) is 2.93. The number of hydrogen-bond donors (Lipinski definition) is 1. The van der Waals surface area contributed by atoms with Gasteiger partial charge in [-0.25, -0.2) is 9.97 Å². The van der Waals surface area contributed by atoms with Crippen molar-refractivity contribution in [3.8, 4) is 11.5 Å². The highest BCUT2D eigenvalue weighted by Crippen LogP contribution is 2.47. The number of fused-ring (bicyclic) bond motifs is 1. The molecule has 0 atom stereocenters. The molecule has 3 rings (SSSR count). The number of aromatic nitrogens is 2. The number of nitrogens with zero attached hydrogens (tertiary/aromatic N) is 2.